The summed E-state index contributed by atoms with van der Waals surface area (Å²) in [7, 11) is 3.09. The van der Waals surface area contributed by atoms with Gasteiger partial charge in [-0.3, -0.25) is 4.79 Å². The van der Waals surface area contributed by atoms with E-state index in [0.717, 1.165) is 22.0 Å². The Morgan fingerprint density at radius 1 is 0.872 bits per heavy atom. The monoisotopic (exact) mass is 511 g/mol. The second-order valence-corrected chi connectivity index (χ2v) is 9.79. The summed E-state index contributed by atoms with van der Waals surface area (Å²) in [4.78, 5) is 16.4. The highest BCUT2D eigenvalue weighted by Crippen LogP contribution is 2.56. The van der Waals surface area contributed by atoms with E-state index in [2.05, 4.69) is 18.2 Å². The SMILES string of the molecule is COc1ccc([C@@H]2[C@@H](C(=O)c3ccccc3)N3c4ccc5ccccc5c4C=C[C@@H]3C2(C#N)C#N)cc1OC. The maximum atomic E-state index is 14.4. The molecule has 0 aliphatic carbocycles. The van der Waals surface area contributed by atoms with Crippen LogP contribution in [0.2, 0.25) is 0 Å². The predicted octanol–water partition coefficient (Wildman–Crippen LogP) is 6.14. The molecular weight excluding hydrogens is 486 g/mol. The first kappa shape index (κ1) is 24.3. The van der Waals surface area contributed by atoms with E-state index in [1.54, 1.807) is 31.4 Å². The Morgan fingerprint density at radius 3 is 2.31 bits per heavy atom. The molecule has 2 heterocycles. The number of rotatable bonds is 5. The van der Waals surface area contributed by atoms with Crippen molar-refractivity contribution in [3.05, 3.63) is 108 Å². The summed E-state index contributed by atoms with van der Waals surface area (Å²) in [6, 6.07) is 29.8. The van der Waals surface area contributed by atoms with Crippen LogP contribution in [0, 0.1) is 28.1 Å². The molecule has 6 nitrogen and oxygen atoms in total. The second kappa shape index (κ2) is 9.35. The van der Waals surface area contributed by atoms with E-state index < -0.39 is 23.4 Å². The van der Waals surface area contributed by atoms with Crippen LogP contribution < -0.4 is 14.4 Å². The summed E-state index contributed by atoms with van der Waals surface area (Å²) in [5, 5.41) is 23.5. The second-order valence-electron chi connectivity index (χ2n) is 9.79. The van der Waals surface area contributed by atoms with Gasteiger partial charge in [-0.1, -0.05) is 78.9 Å². The average Bonchev–Trinajstić information content (AvgIpc) is 3.31. The van der Waals surface area contributed by atoms with Crippen LogP contribution in [0.4, 0.5) is 5.69 Å². The molecular formula is C33H25N3O3. The number of nitrogens with zero attached hydrogens (tertiary/aromatic N) is 3. The maximum absolute atomic E-state index is 14.4. The molecule has 0 amide bonds. The van der Waals surface area contributed by atoms with Crippen LogP contribution in [-0.4, -0.2) is 32.1 Å². The molecule has 0 aromatic heterocycles. The smallest absolute Gasteiger partial charge is 0.185 e. The van der Waals surface area contributed by atoms with Crippen molar-refractivity contribution < 1.29 is 14.3 Å². The first-order valence-electron chi connectivity index (χ1n) is 12.7. The third kappa shape index (κ3) is 3.50. The first-order valence-corrected chi connectivity index (χ1v) is 12.7. The molecule has 2 aliphatic rings. The van der Waals surface area contributed by atoms with Gasteiger partial charge in [0.25, 0.3) is 0 Å². The van der Waals surface area contributed by atoms with E-state index in [9.17, 15) is 15.3 Å². The fraction of sp³-hybridized carbons (Fsp3) is 0.182. The lowest BCUT2D eigenvalue weighted by atomic mass is 9.69. The molecule has 6 rings (SSSR count). The highest BCUT2D eigenvalue weighted by Gasteiger charge is 2.63. The van der Waals surface area contributed by atoms with Crippen LogP contribution in [0.1, 0.15) is 27.4 Å². The zero-order valence-corrected chi connectivity index (χ0v) is 21.5. The number of Topliss-reactive ketones (excluding diaryl/α,β-unsaturated/α-hetero) is 1. The molecule has 2 aliphatic heterocycles. The Balaban J connectivity index is 1.64. The summed E-state index contributed by atoms with van der Waals surface area (Å²) in [5.74, 6) is 0.0749. The molecule has 0 N–H and O–H groups in total. The van der Waals surface area contributed by atoms with E-state index in [4.69, 9.17) is 9.47 Å². The Labute approximate surface area is 226 Å². The molecule has 1 saturated heterocycles. The lowest BCUT2D eigenvalue weighted by Gasteiger charge is -2.36. The summed E-state index contributed by atoms with van der Waals surface area (Å²) in [6.07, 6.45) is 3.90. The van der Waals surface area contributed by atoms with E-state index in [1.807, 2.05) is 71.6 Å². The minimum atomic E-state index is -1.55. The Hall–Kier alpha value is -5.07. The van der Waals surface area contributed by atoms with Crippen LogP contribution in [0.25, 0.3) is 16.8 Å². The van der Waals surface area contributed by atoms with E-state index >= 15 is 0 Å². The number of hydrogen-bond acceptors (Lipinski definition) is 6. The van der Waals surface area contributed by atoms with Gasteiger partial charge in [0, 0.05) is 22.7 Å². The molecule has 4 aromatic rings. The molecule has 0 saturated carbocycles. The van der Waals surface area contributed by atoms with Gasteiger partial charge >= 0.3 is 0 Å². The quantitative estimate of drug-likeness (QED) is 0.299. The van der Waals surface area contributed by atoms with Gasteiger partial charge in [0.05, 0.1) is 32.4 Å². The highest BCUT2D eigenvalue weighted by molar-refractivity contribution is 6.06. The number of benzene rings is 4. The molecule has 39 heavy (non-hydrogen) atoms. The number of anilines is 1. The van der Waals surface area contributed by atoms with Crippen molar-refractivity contribution in [2.45, 2.75) is 18.0 Å². The number of ketones is 1. The highest BCUT2D eigenvalue weighted by atomic mass is 16.5. The van der Waals surface area contributed by atoms with Crippen LogP contribution in [-0.2, 0) is 0 Å². The number of nitriles is 2. The van der Waals surface area contributed by atoms with Crippen molar-refractivity contribution >= 4 is 28.3 Å². The van der Waals surface area contributed by atoms with Crippen molar-refractivity contribution in [3.8, 4) is 23.6 Å². The van der Waals surface area contributed by atoms with Crippen molar-refractivity contribution in [1.29, 1.82) is 10.5 Å². The average molecular weight is 512 g/mol. The number of carbonyl (C=O) groups excluding carboxylic acids is 1. The van der Waals surface area contributed by atoms with Gasteiger partial charge < -0.3 is 14.4 Å². The molecule has 0 spiro atoms. The Kier molecular flexibility index (Phi) is 5.82. The summed E-state index contributed by atoms with van der Waals surface area (Å²) in [5.41, 5.74) is 1.43. The zero-order chi connectivity index (χ0) is 27.1. The number of ether oxygens (including phenoxy) is 2. The van der Waals surface area contributed by atoms with Crippen LogP contribution in [0.15, 0.2) is 91.0 Å². The maximum Gasteiger partial charge on any atom is 0.185 e. The van der Waals surface area contributed by atoms with Crippen molar-refractivity contribution in [1.82, 2.24) is 0 Å². The number of hydrogen-bond donors (Lipinski definition) is 0. The van der Waals surface area contributed by atoms with Gasteiger partial charge in [-0.05, 0) is 34.5 Å². The van der Waals surface area contributed by atoms with Gasteiger partial charge in [-0.25, -0.2) is 0 Å². The van der Waals surface area contributed by atoms with Gasteiger partial charge in [-0.2, -0.15) is 10.5 Å². The summed E-state index contributed by atoms with van der Waals surface area (Å²) in [6.45, 7) is 0. The van der Waals surface area contributed by atoms with E-state index in [0.29, 0.717) is 22.6 Å². The minimum absolute atomic E-state index is 0.151. The summed E-state index contributed by atoms with van der Waals surface area (Å²) >= 11 is 0. The van der Waals surface area contributed by atoms with Gasteiger partial charge in [0.15, 0.2) is 22.7 Å². The molecule has 0 bridgehead atoms. The van der Waals surface area contributed by atoms with E-state index in [1.165, 1.54) is 7.11 Å². The lowest BCUT2D eigenvalue weighted by Crippen LogP contribution is -2.44. The lowest BCUT2D eigenvalue weighted by molar-refractivity contribution is 0.0951. The van der Waals surface area contributed by atoms with Crippen molar-refractivity contribution in [3.63, 3.8) is 0 Å². The largest absolute Gasteiger partial charge is 0.493 e. The first-order chi connectivity index (χ1) is 19.1. The molecule has 0 unspecified atom stereocenters. The third-order valence-electron chi connectivity index (χ3n) is 8.01. The normalized spacial score (nSPS) is 20.4. The summed E-state index contributed by atoms with van der Waals surface area (Å²) < 4.78 is 11.0. The number of methoxy groups -OCH3 is 2. The van der Waals surface area contributed by atoms with Crippen molar-refractivity contribution in [2.75, 3.05) is 19.1 Å². The molecule has 0 radical (unpaired) electrons. The zero-order valence-electron chi connectivity index (χ0n) is 21.5. The fourth-order valence-electron chi connectivity index (χ4n) is 6.24. The van der Waals surface area contributed by atoms with Gasteiger partial charge in [-0.15, -0.1) is 0 Å². The molecule has 190 valence electrons. The minimum Gasteiger partial charge on any atom is -0.493 e. The fourth-order valence-corrected chi connectivity index (χ4v) is 6.24. The number of carbonyl (C=O) groups is 1. The van der Waals surface area contributed by atoms with E-state index in [-0.39, 0.29) is 5.78 Å². The Bertz CT molecular complexity index is 1700. The molecule has 4 aromatic carbocycles. The predicted molar refractivity (Wildman–Crippen MR) is 150 cm³/mol. The number of fused-ring (bicyclic) bond motifs is 5. The molecule has 6 heteroatoms. The third-order valence-corrected chi connectivity index (χ3v) is 8.01. The van der Waals surface area contributed by atoms with Gasteiger partial charge in [0.2, 0.25) is 0 Å². The van der Waals surface area contributed by atoms with Gasteiger partial charge in [0.1, 0.15) is 6.04 Å². The molecule has 3 atom stereocenters. The molecule has 1 fully saturated rings. The van der Waals surface area contributed by atoms with Crippen LogP contribution >= 0.6 is 0 Å². The van der Waals surface area contributed by atoms with Crippen LogP contribution in [0.5, 0.6) is 11.5 Å². The standard InChI is InChI=1S/C33H25N3O3/c1-38-27-16-13-23(18-28(27)39-2)30-31(32(37)22-9-4-3-5-10-22)36-26-15-12-21-8-6-7-11-24(21)25(26)14-17-29(36)33(30,19-34)20-35/h3-18,29-31H,1-2H3/t29-,30-,31+/m1/s1. The van der Waals surface area contributed by atoms with Crippen molar-refractivity contribution in [2.24, 2.45) is 5.41 Å². The topological polar surface area (TPSA) is 86.4 Å². The van der Waals surface area contributed by atoms with Crippen LogP contribution in [0.3, 0.4) is 0 Å². The Morgan fingerprint density at radius 2 is 1.59 bits per heavy atom.